The van der Waals surface area contributed by atoms with Crippen LogP contribution in [0.25, 0.3) is 0 Å². The number of allylic oxidation sites excluding steroid dienone is 1. The first-order chi connectivity index (χ1) is 11.6. The van der Waals surface area contributed by atoms with Crippen molar-refractivity contribution in [3.05, 3.63) is 50.9 Å². The van der Waals surface area contributed by atoms with Gasteiger partial charge in [0, 0.05) is 11.3 Å². The number of aromatic amines is 1. The van der Waals surface area contributed by atoms with Gasteiger partial charge in [-0.25, -0.2) is 0 Å². The molecule has 1 aromatic heterocycles. The van der Waals surface area contributed by atoms with Crippen LogP contribution in [0.1, 0.15) is 36.1 Å². The summed E-state index contributed by atoms with van der Waals surface area (Å²) < 4.78 is 11.6. The van der Waals surface area contributed by atoms with Gasteiger partial charge in [0.2, 0.25) is 11.8 Å². The molecule has 0 amide bonds. The summed E-state index contributed by atoms with van der Waals surface area (Å²) in [5, 5.41) is 16.8. The molecule has 0 fully saturated rings. The van der Waals surface area contributed by atoms with Gasteiger partial charge in [0.1, 0.15) is 17.4 Å². The fourth-order valence-electron chi connectivity index (χ4n) is 2.94. The minimum atomic E-state index is -0.318. The Morgan fingerprint density at radius 1 is 1.50 bits per heavy atom. The number of fused-ring (bicyclic) bond motifs is 1. The quantitative estimate of drug-likeness (QED) is 0.836. The predicted octanol–water partition coefficient (Wildman–Crippen LogP) is 3.35. The molecule has 2 heterocycles. The van der Waals surface area contributed by atoms with E-state index in [2.05, 4.69) is 39.1 Å². The summed E-state index contributed by atoms with van der Waals surface area (Å²) in [6.45, 7) is 2.09. The Labute approximate surface area is 148 Å². The van der Waals surface area contributed by atoms with E-state index in [0.717, 1.165) is 39.9 Å². The van der Waals surface area contributed by atoms with Crippen molar-refractivity contribution in [2.45, 2.75) is 25.7 Å². The highest BCUT2D eigenvalue weighted by molar-refractivity contribution is 9.10. The Hall–Kier alpha value is -2.46. The average molecular weight is 389 g/mol. The number of H-pyrrole nitrogens is 1. The van der Waals surface area contributed by atoms with E-state index in [0.29, 0.717) is 11.5 Å². The van der Waals surface area contributed by atoms with Crippen LogP contribution in [0.2, 0.25) is 0 Å². The zero-order valence-corrected chi connectivity index (χ0v) is 15.0. The number of hydrogen-bond donors (Lipinski definition) is 2. The average Bonchev–Trinajstić information content (AvgIpc) is 2.96. The molecular weight excluding hydrogens is 372 g/mol. The van der Waals surface area contributed by atoms with Crippen LogP contribution >= 0.6 is 15.9 Å². The lowest BCUT2D eigenvalue weighted by Crippen LogP contribution is -2.21. The highest BCUT2D eigenvalue weighted by Crippen LogP contribution is 2.44. The Morgan fingerprint density at radius 3 is 2.92 bits per heavy atom. The number of nitrogens with one attached hydrogen (secondary N) is 1. The van der Waals surface area contributed by atoms with E-state index in [4.69, 9.17) is 15.2 Å². The molecule has 0 radical (unpaired) electrons. The van der Waals surface area contributed by atoms with E-state index in [1.807, 2.05) is 18.2 Å². The number of ether oxygens (including phenoxy) is 2. The number of nitriles is 1. The van der Waals surface area contributed by atoms with Crippen LogP contribution in [0.4, 0.5) is 0 Å². The summed E-state index contributed by atoms with van der Waals surface area (Å²) in [5.41, 5.74) is 9.10. The van der Waals surface area contributed by atoms with E-state index in [9.17, 15) is 5.26 Å². The van der Waals surface area contributed by atoms with Gasteiger partial charge in [0.05, 0.1) is 17.5 Å². The fourth-order valence-corrected chi connectivity index (χ4v) is 3.50. The summed E-state index contributed by atoms with van der Waals surface area (Å²) in [5.74, 6) is 0.937. The highest BCUT2D eigenvalue weighted by atomic mass is 79.9. The molecule has 3 rings (SSSR count). The number of nitrogens with zero attached hydrogens (tertiary/aromatic N) is 2. The Balaban J connectivity index is 2.19. The second kappa shape index (κ2) is 6.57. The molecule has 24 heavy (non-hydrogen) atoms. The molecule has 1 aliphatic rings. The summed E-state index contributed by atoms with van der Waals surface area (Å²) in [6.07, 6.45) is 1.77. The maximum Gasteiger partial charge on any atom is 0.244 e. The molecule has 0 bridgehead atoms. The first kappa shape index (κ1) is 16.4. The molecule has 1 aliphatic heterocycles. The van der Waals surface area contributed by atoms with Crippen LogP contribution in [0.15, 0.2) is 34.1 Å². The summed E-state index contributed by atoms with van der Waals surface area (Å²) in [4.78, 5) is 0. The number of rotatable bonds is 4. The standard InChI is InChI=1S/C17H17BrN4O2/c1-3-4-12-15-14(9-5-6-13(23-2)11(18)7-9)10(8-19)16(20)24-17(15)22-21-12/h5-7,14H,3-4,20H2,1-2H3,(H,21,22). The fraction of sp³-hybridized carbons (Fsp3) is 0.294. The first-order valence-electron chi connectivity index (χ1n) is 7.58. The lowest BCUT2D eigenvalue weighted by Gasteiger charge is -2.24. The van der Waals surface area contributed by atoms with Gasteiger partial charge in [-0.1, -0.05) is 19.4 Å². The third-order valence-corrected chi connectivity index (χ3v) is 4.65. The smallest absolute Gasteiger partial charge is 0.244 e. The molecule has 124 valence electrons. The van der Waals surface area contributed by atoms with Crippen molar-refractivity contribution in [3.63, 3.8) is 0 Å². The topological polar surface area (TPSA) is 97.0 Å². The van der Waals surface area contributed by atoms with E-state index < -0.39 is 0 Å². The van der Waals surface area contributed by atoms with Gasteiger partial charge in [-0.2, -0.15) is 5.26 Å². The minimum Gasteiger partial charge on any atom is -0.496 e. The second-order valence-electron chi connectivity index (χ2n) is 5.49. The van der Waals surface area contributed by atoms with Crippen molar-refractivity contribution in [1.29, 1.82) is 5.26 Å². The summed E-state index contributed by atoms with van der Waals surface area (Å²) in [6, 6.07) is 7.92. The number of benzene rings is 1. The molecule has 6 nitrogen and oxygen atoms in total. The maximum absolute atomic E-state index is 9.61. The number of methoxy groups -OCH3 is 1. The lowest BCUT2D eigenvalue weighted by atomic mass is 9.83. The molecule has 0 saturated carbocycles. The Bertz CT molecular complexity index is 851. The van der Waals surface area contributed by atoms with Crippen molar-refractivity contribution in [3.8, 4) is 17.7 Å². The van der Waals surface area contributed by atoms with Gasteiger partial charge in [-0.15, -0.1) is 5.10 Å². The number of halogens is 1. The second-order valence-corrected chi connectivity index (χ2v) is 6.34. The largest absolute Gasteiger partial charge is 0.496 e. The minimum absolute atomic E-state index is 0.0940. The van der Waals surface area contributed by atoms with E-state index in [1.54, 1.807) is 7.11 Å². The molecule has 0 saturated heterocycles. The van der Waals surface area contributed by atoms with Crippen LogP contribution < -0.4 is 15.2 Å². The van der Waals surface area contributed by atoms with Gasteiger partial charge in [0.25, 0.3) is 0 Å². The van der Waals surface area contributed by atoms with Crippen LogP contribution in [-0.4, -0.2) is 17.3 Å². The molecule has 0 spiro atoms. The Kier molecular flexibility index (Phi) is 4.49. The van der Waals surface area contributed by atoms with Crippen molar-refractivity contribution < 1.29 is 9.47 Å². The van der Waals surface area contributed by atoms with E-state index >= 15 is 0 Å². The predicted molar refractivity (Wildman–Crippen MR) is 92.6 cm³/mol. The molecule has 3 N–H and O–H groups in total. The number of aryl methyl sites for hydroxylation is 1. The highest BCUT2D eigenvalue weighted by Gasteiger charge is 2.35. The maximum atomic E-state index is 9.61. The van der Waals surface area contributed by atoms with Crippen molar-refractivity contribution >= 4 is 15.9 Å². The zero-order valence-electron chi connectivity index (χ0n) is 13.4. The van der Waals surface area contributed by atoms with Crippen LogP contribution in [-0.2, 0) is 6.42 Å². The van der Waals surface area contributed by atoms with Gasteiger partial charge in [-0.05, 0) is 40.0 Å². The number of aromatic nitrogens is 2. The van der Waals surface area contributed by atoms with Crippen molar-refractivity contribution in [1.82, 2.24) is 10.2 Å². The SMILES string of the molecule is CCCc1[nH]nc2c1C(c1ccc(OC)c(Br)c1)C(C#N)=C(N)O2. The Morgan fingerprint density at radius 2 is 2.29 bits per heavy atom. The third kappa shape index (κ3) is 2.63. The van der Waals surface area contributed by atoms with Crippen molar-refractivity contribution in [2.75, 3.05) is 7.11 Å². The molecular formula is C17H17BrN4O2. The molecule has 0 aliphatic carbocycles. The molecule has 2 aromatic rings. The molecule has 7 heteroatoms. The number of nitrogens with two attached hydrogens (primary N) is 1. The van der Waals surface area contributed by atoms with E-state index in [-0.39, 0.29) is 11.8 Å². The van der Waals surface area contributed by atoms with Gasteiger partial charge >= 0.3 is 0 Å². The van der Waals surface area contributed by atoms with Crippen molar-refractivity contribution in [2.24, 2.45) is 5.73 Å². The normalized spacial score (nSPS) is 16.3. The molecule has 1 aromatic carbocycles. The van der Waals surface area contributed by atoms with Crippen LogP contribution in [0.3, 0.4) is 0 Å². The summed E-state index contributed by atoms with van der Waals surface area (Å²) in [7, 11) is 1.61. The van der Waals surface area contributed by atoms with E-state index in [1.165, 1.54) is 0 Å². The van der Waals surface area contributed by atoms with Crippen LogP contribution in [0, 0.1) is 11.3 Å². The van der Waals surface area contributed by atoms with Crippen LogP contribution in [0.5, 0.6) is 11.6 Å². The summed E-state index contributed by atoms with van der Waals surface area (Å²) >= 11 is 3.50. The molecule has 1 unspecified atom stereocenters. The third-order valence-electron chi connectivity index (χ3n) is 4.03. The first-order valence-corrected chi connectivity index (χ1v) is 8.38. The van der Waals surface area contributed by atoms with Gasteiger partial charge in [-0.3, -0.25) is 5.10 Å². The van der Waals surface area contributed by atoms with Gasteiger partial charge in [0.15, 0.2) is 0 Å². The molecule has 1 atom stereocenters. The van der Waals surface area contributed by atoms with Gasteiger partial charge < -0.3 is 15.2 Å². The lowest BCUT2D eigenvalue weighted by molar-refractivity contribution is 0.378. The monoisotopic (exact) mass is 388 g/mol. The number of hydrogen-bond acceptors (Lipinski definition) is 5. The zero-order chi connectivity index (χ0) is 17.3.